The molecule has 0 aliphatic carbocycles. The van der Waals surface area contributed by atoms with Crippen LogP contribution in [0, 0.1) is 0 Å². The molecule has 0 aromatic rings. The van der Waals surface area contributed by atoms with Crippen molar-refractivity contribution in [1.29, 1.82) is 0 Å². The number of hydrogen-bond donors (Lipinski definition) is 0. The van der Waals surface area contributed by atoms with Crippen LogP contribution in [-0.4, -0.2) is 49.4 Å². The van der Waals surface area contributed by atoms with Crippen LogP contribution in [0.2, 0.25) is 0 Å². The number of methoxy groups -OCH3 is 1. The van der Waals surface area contributed by atoms with E-state index in [9.17, 15) is 4.79 Å². The molecule has 6 nitrogen and oxygen atoms in total. The number of ether oxygens (including phenoxy) is 3. The molecule has 2 atom stereocenters. The Bertz CT molecular complexity index is 565. The van der Waals surface area contributed by atoms with Crippen molar-refractivity contribution >= 4 is 13.1 Å². The van der Waals surface area contributed by atoms with E-state index in [2.05, 4.69) is 4.74 Å². The largest absolute Gasteiger partial charge is 0.486 e. The molecule has 2 aliphatic heterocycles. The van der Waals surface area contributed by atoms with Crippen molar-refractivity contribution in [3.05, 3.63) is 24.2 Å². The molecular formula is C20H33BO6. The lowest BCUT2D eigenvalue weighted by molar-refractivity contribution is -0.142. The molecule has 2 unspecified atom stereocenters. The Balaban J connectivity index is 1.92. The van der Waals surface area contributed by atoms with Crippen LogP contribution < -0.4 is 0 Å². The van der Waals surface area contributed by atoms with Crippen LogP contribution in [-0.2, 0) is 28.3 Å². The maximum absolute atomic E-state index is 11.1. The molecular weight excluding hydrogens is 347 g/mol. The van der Waals surface area contributed by atoms with Crippen molar-refractivity contribution in [1.82, 2.24) is 0 Å². The summed E-state index contributed by atoms with van der Waals surface area (Å²) in [6.45, 7) is 11.9. The molecule has 2 rings (SSSR count). The van der Waals surface area contributed by atoms with E-state index in [0.29, 0.717) is 19.3 Å². The van der Waals surface area contributed by atoms with Crippen LogP contribution in [0.1, 0.15) is 60.8 Å². The molecule has 2 heterocycles. The highest BCUT2D eigenvalue weighted by Gasteiger charge is 2.50. The summed E-state index contributed by atoms with van der Waals surface area (Å²) in [7, 11) is 0.993. The Labute approximate surface area is 163 Å². The van der Waals surface area contributed by atoms with Crippen molar-refractivity contribution in [3.63, 3.8) is 0 Å². The summed E-state index contributed by atoms with van der Waals surface area (Å²) in [5.41, 5.74) is -0.730. The maximum Gasteiger partial charge on any atom is 0.486 e. The zero-order valence-corrected chi connectivity index (χ0v) is 17.6. The number of esters is 1. The van der Waals surface area contributed by atoms with Gasteiger partial charge in [0.05, 0.1) is 24.4 Å². The fourth-order valence-corrected chi connectivity index (χ4v) is 3.03. The third-order valence-corrected chi connectivity index (χ3v) is 5.23. The van der Waals surface area contributed by atoms with E-state index in [1.165, 1.54) is 7.11 Å². The molecule has 0 aromatic heterocycles. The minimum absolute atomic E-state index is 0.104. The van der Waals surface area contributed by atoms with Gasteiger partial charge in [0.2, 0.25) is 0 Å². The summed E-state index contributed by atoms with van der Waals surface area (Å²) < 4.78 is 28.6. The molecule has 0 saturated carbocycles. The minimum atomic E-state index is -0.643. The molecule has 7 heteroatoms. The average molecular weight is 380 g/mol. The van der Waals surface area contributed by atoms with Crippen LogP contribution in [0.15, 0.2) is 24.2 Å². The molecule has 0 bridgehead atoms. The van der Waals surface area contributed by atoms with Crippen LogP contribution >= 0.6 is 0 Å². The molecule has 0 amide bonds. The first kappa shape index (κ1) is 22.1. The second kappa shape index (κ2) is 8.47. The molecule has 2 fully saturated rings. The first-order chi connectivity index (χ1) is 12.5. The van der Waals surface area contributed by atoms with Crippen LogP contribution in [0.3, 0.4) is 0 Å². The van der Waals surface area contributed by atoms with E-state index in [-0.39, 0.29) is 29.4 Å². The van der Waals surface area contributed by atoms with Crippen LogP contribution in [0.25, 0.3) is 0 Å². The quantitative estimate of drug-likeness (QED) is 0.382. The summed E-state index contributed by atoms with van der Waals surface area (Å²) in [4.78, 5) is 11.1. The molecule has 2 aliphatic rings. The summed E-state index contributed by atoms with van der Waals surface area (Å²) in [5, 5.41) is 0. The smallest absolute Gasteiger partial charge is 0.469 e. The van der Waals surface area contributed by atoms with E-state index in [0.717, 1.165) is 0 Å². The standard InChI is InChI=1S/C20H33BO6/c1-18(2)19(3,4)27-21(26-18)14-13-16-15(24-20(5,6)25-16)11-9-8-10-12-17(22)23-7/h8-9,13-16H,10-12H2,1-7H3/b9-8-,14-13+. The van der Waals surface area contributed by atoms with E-state index in [1.807, 2.05) is 65.7 Å². The molecule has 0 radical (unpaired) electrons. The van der Waals surface area contributed by atoms with Crippen molar-refractivity contribution in [2.24, 2.45) is 0 Å². The molecule has 0 N–H and O–H groups in total. The van der Waals surface area contributed by atoms with E-state index in [4.69, 9.17) is 18.8 Å². The zero-order valence-electron chi connectivity index (χ0n) is 17.6. The first-order valence-electron chi connectivity index (χ1n) is 9.57. The van der Waals surface area contributed by atoms with Crippen molar-refractivity contribution < 1.29 is 28.3 Å². The fraction of sp³-hybridized carbons (Fsp3) is 0.750. The van der Waals surface area contributed by atoms with Crippen molar-refractivity contribution in [2.75, 3.05) is 7.11 Å². The monoisotopic (exact) mass is 380 g/mol. The zero-order chi connectivity index (χ0) is 20.3. The summed E-state index contributed by atoms with van der Waals surface area (Å²) >= 11 is 0. The van der Waals surface area contributed by atoms with Gasteiger partial charge < -0.3 is 23.5 Å². The van der Waals surface area contributed by atoms with Gasteiger partial charge in [-0.3, -0.25) is 4.79 Å². The van der Waals surface area contributed by atoms with Gasteiger partial charge in [0.1, 0.15) is 6.10 Å². The van der Waals surface area contributed by atoms with Crippen LogP contribution in [0.4, 0.5) is 0 Å². The highest BCUT2D eigenvalue weighted by Crippen LogP contribution is 2.37. The topological polar surface area (TPSA) is 63.2 Å². The Morgan fingerprint density at radius 1 is 1.04 bits per heavy atom. The Morgan fingerprint density at radius 2 is 1.67 bits per heavy atom. The molecule has 0 aromatic carbocycles. The molecule has 152 valence electrons. The van der Waals surface area contributed by atoms with Gasteiger partial charge in [0.15, 0.2) is 5.79 Å². The van der Waals surface area contributed by atoms with Crippen LogP contribution in [0.5, 0.6) is 0 Å². The predicted molar refractivity (Wildman–Crippen MR) is 104 cm³/mol. The second-order valence-corrected chi connectivity index (χ2v) is 8.47. The fourth-order valence-electron chi connectivity index (χ4n) is 3.03. The predicted octanol–water partition coefficient (Wildman–Crippen LogP) is 3.59. The maximum atomic E-state index is 11.1. The Kier molecular flexibility index (Phi) is 6.95. The second-order valence-electron chi connectivity index (χ2n) is 8.47. The van der Waals surface area contributed by atoms with Gasteiger partial charge in [-0.15, -0.1) is 0 Å². The lowest BCUT2D eigenvalue weighted by Gasteiger charge is -2.32. The van der Waals surface area contributed by atoms with Crippen molar-refractivity contribution in [2.45, 2.75) is 90.0 Å². The Morgan fingerprint density at radius 3 is 2.26 bits per heavy atom. The van der Waals surface area contributed by atoms with Gasteiger partial charge in [-0.25, -0.2) is 0 Å². The highest BCUT2D eigenvalue weighted by molar-refractivity contribution is 6.51. The lowest BCUT2D eigenvalue weighted by Crippen LogP contribution is -2.41. The van der Waals surface area contributed by atoms with Gasteiger partial charge in [-0.2, -0.15) is 0 Å². The summed E-state index contributed by atoms with van der Waals surface area (Å²) in [6.07, 6.45) is 7.39. The SMILES string of the molecule is COC(=O)CC/C=C\CC1OC(C)(C)OC1/C=C/B1OC(C)(C)C(C)(C)O1. The normalized spacial score (nSPS) is 29.1. The summed E-state index contributed by atoms with van der Waals surface area (Å²) in [6, 6.07) is 0. The molecule has 0 spiro atoms. The molecule has 2 saturated heterocycles. The van der Waals surface area contributed by atoms with E-state index >= 15 is 0 Å². The Hall–Kier alpha value is -1.15. The number of allylic oxidation sites excluding steroid dienone is 1. The van der Waals surface area contributed by atoms with Gasteiger partial charge in [-0.05, 0) is 54.4 Å². The van der Waals surface area contributed by atoms with Gasteiger partial charge in [0.25, 0.3) is 0 Å². The minimum Gasteiger partial charge on any atom is -0.469 e. The number of rotatable bonds is 7. The lowest BCUT2D eigenvalue weighted by atomic mass is 9.88. The third-order valence-electron chi connectivity index (χ3n) is 5.23. The van der Waals surface area contributed by atoms with Crippen molar-refractivity contribution in [3.8, 4) is 0 Å². The first-order valence-corrected chi connectivity index (χ1v) is 9.57. The van der Waals surface area contributed by atoms with E-state index in [1.54, 1.807) is 0 Å². The van der Waals surface area contributed by atoms with E-state index < -0.39 is 12.9 Å². The summed E-state index contributed by atoms with van der Waals surface area (Å²) in [5.74, 6) is 1.06. The number of carbonyl (C=O) groups excluding carboxylic acids is 1. The van der Waals surface area contributed by atoms with Gasteiger partial charge in [-0.1, -0.05) is 24.2 Å². The van der Waals surface area contributed by atoms with Gasteiger partial charge in [0, 0.05) is 6.42 Å². The average Bonchev–Trinajstić information content (AvgIpc) is 2.95. The highest BCUT2D eigenvalue weighted by atomic mass is 16.7. The number of carbonyl (C=O) groups is 1. The third kappa shape index (κ3) is 5.91. The molecule has 27 heavy (non-hydrogen) atoms. The van der Waals surface area contributed by atoms with Gasteiger partial charge >= 0.3 is 13.1 Å². The number of hydrogen-bond acceptors (Lipinski definition) is 6.